The third-order valence-electron chi connectivity index (χ3n) is 2.35. The zero-order valence-electron chi connectivity index (χ0n) is 8.17. The standard InChI is InChI=1S/C9H17NO3/c1-9(2,7-3-4-7)10-8(12)13-6-5-11/h7,11H,3-6H2,1-2H3,(H,10,12). The van der Waals surface area contributed by atoms with E-state index in [2.05, 4.69) is 5.32 Å². The van der Waals surface area contributed by atoms with Gasteiger partial charge in [0.2, 0.25) is 0 Å². The predicted octanol–water partition coefficient (Wildman–Crippen LogP) is 0.893. The number of carbonyl (C=O) groups is 1. The van der Waals surface area contributed by atoms with E-state index in [-0.39, 0.29) is 18.8 Å². The van der Waals surface area contributed by atoms with Gasteiger partial charge in [0.1, 0.15) is 6.61 Å². The fourth-order valence-electron chi connectivity index (χ4n) is 1.34. The lowest BCUT2D eigenvalue weighted by molar-refractivity contribution is 0.109. The molecule has 4 nitrogen and oxygen atoms in total. The molecule has 0 unspecified atom stereocenters. The summed E-state index contributed by atoms with van der Waals surface area (Å²) < 4.78 is 4.70. The Morgan fingerprint density at radius 1 is 1.62 bits per heavy atom. The number of nitrogens with one attached hydrogen (secondary N) is 1. The van der Waals surface area contributed by atoms with Gasteiger partial charge in [0.05, 0.1) is 6.61 Å². The van der Waals surface area contributed by atoms with E-state index in [0.717, 1.165) is 0 Å². The summed E-state index contributed by atoms with van der Waals surface area (Å²) in [6.45, 7) is 3.92. The Bertz CT molecular complexity index is 187. The molecule has 76 valence electrons. The molecule has 0 atom stereocenters. The Kier molecular flexibility index (Phi) is 3.14. The summed E-state index contributed by atoms with van der Waals surface area (Å²) in [6, 6.07) is 0. The van der Waals surface area contributed by atoms with Gasteiger partial charge in [0.15, 0.2) is 0 Å². The van der Waals surface area contributed by atoms with Gasteiger partial charge >= 0.3 is 6.09 Å². The van der Waals surface area contributed by atoms with Gasteiger partial charge in [-0.15, -0.1) is 0 Å². The molecule has 1 amide bonds. The number of ether oxygens (including phenoxy) is 1. The van der Waals surface area contributed by atoms with E-state index in [0.29, 0.717) is 5.92 Å². The third-order valence-corrected chi connectivity index (χ3v) is 2.35. The van der Waals surface area contributed by atoms with Crippen molar-refractivity contribution in [2.45, 2.75) is 32.2 Å². The highest BCUT2D eigenvalue weighted by Crippen LogP contribution is 2.39. The summed E-state index contributed by atoms with van der Waals surface area (Å²) in [5.41, 5.74) is -0.174. The Morgan fingerprint density at radius 2 is 2.23 bits per heavy atom. The summed E-state index contributed by atoms with van der Waals surface area (Å²) in [6.07, 6.45) is 1.91. The van der Waals surface area contributed by atoms with Gasteiger partial charge in [-0.25, -0.2) is 4.79 Å². The molecule has 0 radical (unpaired) electrons. The summed E-state index contributed by atoms with van der Waals surface area (Å²) in [4.78, 5) is 11.1. The molecule has 1 fully saturated rings. The number of hydrogen-bond donors (Lipinski definition) is 2. The van der Waals surface area contributed by atoms with Crippen LogP contribution in [-0.4, -0.2) is 30.0 Å². The van der Waals surface area contributed by atoms with Gasteiger partial charge in [-0.05, 0) is 32.6 Å². The minimum atomic E-state index is -0.439. The fraction of sp³-hybridized carbons (Fsp3) is 0.889. The van der Waals surface area contributed by atoms with Crippen molar-refractivity contribution < 1.29 is 14.6 Å². The molecule has 13 heavy (non-hydrogen) atoms. The second-order valence-corrected chi connectivity index (χ2v) is 3.98. The molecule has 0 aromatic rings. The normalized spacial score (nSPS) is 16.8. The zero-order valence-corrected chi connectivity index (χ0v) is 8.17. The molecule has 0 aromatic heterocycles. The van der Waals surface area contributed by atoms with Crippen molar-refractivity contribution in [1.29, 1.82) is 0 Å². The minimum absolute atomic E-state index is 0.0621. The first-order chi connectivity index (χ1) is 6.06. The third kappa shape index (κ3) is 3.22. The first-order valence-corrected chi connectivity index (χ1v) is 4.62. The van der Waals surface area contributed by atoms with Crippen LogP contribution in [0, 0.1) is 5.92 Å². The highest BCUT2D eigenvalue weighted by Gasteiger charge is 2.39. The monoisotopic (exact) mass is 187 g/mol. The van der Waals surface area contributed by atoms with Crippen LogP contribution in [0.4, 0.5) is 4.79 Å². The summed E-state index contributed by atoms with van der Waals surface area (Å²) >= 11 is 0. The topological polar surface area (TPSA) is 58.6 Å². The fourth-order valence-corrected chi connectivity index (χ4v) is 1.34. The molecule has 1 saturated carbocycles. The van der Waals surface area contributed by atoms with Crippen LogP contribution in [0.25, 0.3) is 0 Å². The molecule has 0 aromatic carbocycles. The molecule has 2 N–H and O–H groups in total. The highest BCUT2D eigenvalue weighted by atomic mass is 16.6. The van der Waals surface area contributed by atoms with Gasteiger partial charge < -0.3 is 15.2 Å². The Balaban J connectivity index is 2.25. The number of rotatable bonds is 4. The van der Waals surface area contributed by atoms with E-state index in [1.807, 2.05) is 13.8 Å². The molecule has 1 aliphatic rings. The van der Waals surface area contributed by atoms with Crippen molar-refractivity contribution in [3.05, 3.63) is 0 Å². The quantitative estimate of drug-likeness (QED) is 0.687. The van der Waals surface area contributed by atoms with E-state index in [1.165, 1.54) is 12.8 Å². The van der Waals surface area contributed by atoms with Gasteiger partial charge in [-0.2, -0.15) is 0 Å². The molecule has 0 heterocycles. The van der Waals surface area contributed by atoms with Crippen LogP contribution < -0.4 is 5.32 Å². The maximum Gasteiger partial charge on any atom is 0.407 e. The second kappa shape index (κ2) is 3.96. The van der Waals surface area contributed by atoms with Gasteiger partial charge in [0.25, 0.3) is 0 Å². The lowest BCUT2D eigenvalue weighted by atomic mass is 9.99. The molecule has 0 spiro atoms. The number of carbonyl (C=O) groups excluding carboxylic acids is 1. The molecule has 1 rings (SSSR count). The summed E-state index contributed by atoms with van der Waals surface area (Å²) in [5.74, 6) is 0.578. The van der Waals surface area contributed by atoms with Crippen molar-refractivity contribution in [2.75, 3.05) is 13.2 Å². The van der Waals surface area contributed by atoms with E-state index in [9.17, 15) is 4.79 Å². The number of amides is 1. The van der Waals surface area contributed by atoms with Crippen molar-refractivity contribution >= 4 is 6.09 Å². The maximum absolute atomic E-state index is 11.1. The van der Waals surface area contributed by atoms with Crippen molar-refractivity contribution in [3.63, 3.8) is 0 Å². The van der Waals surface area contributed by atoms with E-state index in [1.54, 1.807) is 0 Å². The average molecular weight is 187 g/mol. The van der Waals surface area contributed by atoms with Crippen LogP contribution in [0.5, 0.6) is 0 Å². The largest absolute Gasteiger partial charge is 0.447 e. The average Bonchev–Trinajstić information content (AvgIpc) is 2.81. The van der Waals surface area contributed by atoms with Crippen molar-refractivity contribution in [2.24, 2.45) is 5.92 Å². The Hall–Kier alpha value is -0.770. The predicted molar refractivity (Wildman–Crippen MR) is 48.4 cm³/mol. The molecular weight excluding hydrogens is 170 g/mol. The molecule has 0 bridgehead atoms. The van der Waals surface area contributed by atoms with E-state index in [4.69, 9.17) is 9.84 Å². The number of aliphatic hydroxyl groups excluding tert-OH is 1. The molecule has 1 aliphatic carbocycles. The number of alkyl carbamates (subject to hydrolysis) is 1. The van der Waals surface area contributed by atoms with Crippen LogP contribution in [0.3, 0.4) is 0 Å². The van der Waals surface area contributed by atoms with Crippen LogP contribution >= 0.6 is 0 Å². The first kappa shape index (κ1) is 10.3. The number of aliphatic hydroxyl groups is 1. The van der Waals surface area contributed by atoms with Gasteiger partial charge in [-0.1, -0.05) is 0 Å². The van der Waals surface area contributed by atoms with Crippen LogP contribution in [0.1, 0.15) is 26.7 Å². The first-order valence-electron chi connectivity index (χ1n) is 4.62. The molecular formula is C9H17NO3. The van der Waals surface area contributed by atoms with E-state index >= 15 is 0 Å². The Labute approximate surface area is 78.3 Å². The zero-order chi connectivity index (χ0) is 9.90. The lowest BCUT2D eigenvalue weighted by Gasteiger charge is -2.25. The van der Waals surface area contributed by atoms with Crippen molar-refractivity contribution in [3.8, 4) is 0 Å². The lowest BCUT2D eigenvalue weighted by Crippen LogP contribution is -2.45. The number of hydrogen-bond acceptors (Lipinski definition) is 3. The van der Waals surface area contributed by atoms with Gasteiger partial charge in [-0.3, -0.25) is 0 Å². The molecule has 0 saturated heterocycles. The van der Waals surface area contributed by atoms with E-state index < -0.39 is 6.09 Å². The van der Waals surface area contributed by atoms with Crippen LogP contribution in [0.2, 0.25) is 0 Å². The molecule has 0 aliphatic heterocycles. The second-order valence-electron chi connectivity index (χ2n) is 3.98. The van der Waals surface area contributed by atoms with Crippen LogP contribution in [-0.2, 0) is 4.74 Å². The van der Waals surface area contributed by atoms with Crippen molar-refractivity contribution in [1.82, 2.24) is 5.32 Å². The minimum Gasteiger partial charge on any atom is -0.447 e. The highest BCUT2D eigenvalue weighted by molar-refractivity contribution is 5.68. The smallest absolute Gasteiger partial charge is 0.407 e. The van der Waals surface area contributed by atoms with Crippen LogP contribution in [0.15, 0.2) is 0 Å². The maximum atomic E-state index is 11.1. The Morgan fingerprint density at radius 3 is 2.69 bits per heavy atom. The summed E-state index contributed by atoms with van der Waals surface area (Å²) in [7, 11) is 0. The summed E-state index contributed by atoms with van der Waals surface area (Å²) in [5, 5.41) is 11.2. The SMILES string of the molecule is CC(C)(NC(=O)OCCO)C1CC1. The van der Waals surface area contributed by atoms with Gasteiger partial charge in [0, 0.05) is 5.54 Å². The molecule has 4 heteroatoms.